The third kappa shape index (κ3) is 4.12. The third-order valence-electron chi connectivity index (χ3n) is 4.29. The van der Waals surface area contributed by atoms with Gasteiger partial charge in [0.1, 0.15) is 12.4 Å². The highest BCUT2D eigenvalue weighted by Gasteiger charge is 2.12. The van der Waals surface area contributed by atoms with Crippen LogP contribution in [0.25, 0.3) is 5.65 Å². The van der Waals surface area contributed by atoms with Gasteiger partial charge < -0.3 is 14.6 Å². The van der Waals surface area contributed by atoms with Crippen molar-refractivity contribution in [3.63, 3.8) is 0 Å². The zero-order chi connectivity index (χ0) is 21.1. The lowest BCUT2D eigenvalue weighted by molar-refractivity contribution is 0.0467. The summed E-state index contributed by atoms with van der Waals surface area (Å²) in [6.07, 6.45) is 0. The smallest absolute Gasteiger partial charge is 0.338 e. The predicted molar refractivity (Wildman–Crippen MR) is 108 cm³/mol. The molecule has 0 fully saturated rings. The van der Waals surface area contributed by atoms with E-state index in [1.54, 1.807) is 61.5 Å². The molecule has 1 amide bonds. The molecule has 0 bridgehead atoms. The molecular weight excluding hydrogens is 386 g/mol. The van der Waals surface area contributed by atoms with Crippen LogP contribution in [-0.2, 0) is 11.3 Å². The molecule has 4 aromatic rings. The van der Waals surface area contributed by atoms with Gasteiger partial charge in [-0.25, -0.2) is 9.78 Å². The van der Waals surface area contributed by atoms with Crippen LogP contribution in [0.2, 0.25) is 0 Å². The topological polar surface area (TPSA) is 103 Å². The van der Waals surface area contributed by atoms with Crippen LogP contribution in [0.1, 0.15) is 32.2 Å². The van der Waals surface area contributed by atoms with Gasteiger partial charge in [0.15, 0.2) is 5.65 Å². The summed E-state index contributed by atoms with van der Waals surface area (Å²) >= 11 is 0. The van der Waals surface area contributed by atoms with Crippen molar-refractivity contribution >= 4 is 23.2 Å². The summed E-state index contributed by atoms with van der Waals surface area (Å²) in [5, 5.41) is 2.76. The fourth-order valence-corrected chi connectivity index (χ4v) is 2.85. The molecule has 0 saturated carbocycles. The fourth-order valence-electron chi connectivity index (χ4n) is 2.85. The second-order valence-corrected chi connectivity index (χ2v) is 6.56. The van der Waals surface area contributed by atoms with Crippen molar-refractivity contribution in [2.45, 2.75) is 13.5 Å². The first-order chi connectivity index (χ1) is 14.5. The molecule has 1 N–H and O–H groups in total. The Kier molecular flexibility index (Phi) is 5.13. The molecule has 2 aromatic carbocycles. The van der Waals surface area contributed by atoms with Crippen molar-refractivity contribution in [1.29, 1.82) is 0 Å². The van der Waals surface area contributed by atoms with Crippen molar-refractivity contribution < 1.29 is 18.8 Å². The van der Waals surface area contributed by atoms with Crippen molar-refractivity contribution in [1.82, 2.24) is 9.56 Å². The van der Waals surface area contributed by atoms with E-state index in [4.69, 9.17) is 9.26 Å². The van der Waals surface area contributed by atoms with Crippen LogP contribution < -0.4 is 10.9 Å². The average molecular weight is 403 g/mol. The summed E-state index contributed by atoms with van der Waals surface area (Å²) in [5.74, 6) is -0.261. The molecular formula is C22H17N3O5. The number of hydrogen-bond donors (Lipinski definition) is 1. The number of amides is 1. The first-order valence-corrected chi connectivity index (χ1v) is 9.13. The van der Waals surface area contributed by atoms with Crippen molar-refractivity contribution in [3.05, 3.63) is 99.7 Å². The lowest BCUT2D eigenvalue weighted by Crippen LogP contribution is -2.15. The Morgan fingerprint density at radius 2 is 1.77 bits per heavy atom. The number of carbonyl (C=O) groups excluding carboxylic acids is 2. The summed E-state index contributed by atoms with van der Waals surface area (Å²) in [4.78, 5) is 40.7. The molecule has 8 heteroatoms. The number of anilines is 1. The summed E-state index contributed by atoms with van der Waals surface area (Å²) in [7, 11) is 0. The lowest BCUT2D eigenvalue weighted by atomic mass is 10.2. The number of rotatable bonds is 5. The molecule has 8 nitrogen and oxygen atoms in total. The normalized spacial score (nSPS) is 10.7. The molecule has 4 rings (SSSR count). The zero-order valence-electron chi connectivity index (χ0n) is 16.0. The summed E-state index contributed by atoms with van der Waals surface area (Å²) < 4.78 is 11.5. The number of carbonyl (C=O) groups is 2. The van der Waals surface area contributed by atoms with Crippen molar-refractivity contribution in [2.24, 2.45) is 0 Å². The molecule has 150 valence electrons. The van der Waals surface area contributed by atoms with Gasteiger partial charge in [-0.15, -0.1) is 4.57 Å². The van der Waals surface area contributed by atoms with E-state index in [9.17, 15) is 14.4 Å². The minimum absolute atomic E-state index is 0.151. The van der Waals surface area contributed by atoms with E-state index in [0.29, 0.717) is 33.9 Å². The highest BCUT2D eigenvalue weighted by atomic mass is 16.5. The number of nitrogens with one attached hydrogen (secondary N) is 1. The van der Waals surface area contributed by atoms with Crippen LogP contribution >= 0.6 is 0 Å². The van der Waals surface area contributed by atoms with E-state index in [-0.39, 0.29) is 12.5 Å². The maximum Gasteiger partial charge on any atom is 0.338 e. The number of benzene rings is 2. The van der Waals surface area contributed by atoms with E-state index >= 15 is 0 Å². The van der Waals surface area contributed by atoms with E-state index in [1.807, 2.05) is 6.07 Å². The van der Waals surface area contributed by atoms with Gasteiger partial charge in [0.05, 0.1) is 11.3 Å². The van der Waals surface area contributed by atoms with Gasteiger partial charge in [0.25, 0.3) is 11.5 Å². The minimum Gasteiger partial charge on any atom is -0.456 e. The first-order valence-electron chi connectivity index (χ1n) is 9.13. The number of nitrogens with zero attached hydrogens (tertiary/aromatic N) is 2. The molecule has 0 aliphatic heterocycles. The van der Waals surface area contributed by atoms with Gasteiger partial charge in [-0.2, -0.15) is 0 Å². The summed E-state index contributed by atoms with van der Waals surface area (Å²) in [6, 6.07) is 18.0. The number of aromatic nitrogens is 2. The lowest BCUT2D eigenvalue weighted by Gasteiger charge is -2.07. The van der Waals surface area contributed by atoms with Crippen LogP contribution in [0.5, 0.6) is 0 Å². The first kappa shape index (κ1) is 19.1. The largest absolute Gasteiger partial charge is 0.456 e. The molecule has 0 atom stereocenters. The van der Waals surface area contributed by atoms with Gasteiger partial charge in [-0.1, -0.05) is 18.2 Å². The number of aryl methyl sites for hydroxylation is 1. The Morgan fingerprint density at radius 1 is 1.03 bits per heavy atom. The maximum atomic E-state index is 12.3. The summed E-state index contributed by atoms with van der Waals surface area (Å²) in [6.45, 7) is 1.56. The Bertz CT molecular complexity index is 1270. The number of esters is 1. The second kappa shape index (κ2) is 8.04. The number of ether oxygens (including phenoxy) is 1. The van der Waals surface area contributed by atoms with Crippen molar-refractivity contribution in [2.75, 3.05) is 5.32 Å². The fraction of sp³-hybridized carbons (Fsp3) is 0.0909. The highest BCUT2D eigenvalue weighted by molar-refractivity contribution is 6.04. The van der Waals surface area contributed by atoms with Gasteiger partial charge >= 0.3 is 5.97 Å². The average Bonchev–Trinajstić information content (AvgIpc) is 3.14. The zero-order valence-corrected chi connectivity index (χ0v) is 16.0. The maximum absolute atomic E-state index is 12.3. The monoisotopic (exact) mass is 403 g/mol. The van der Waals surface area contributed by atoms with Crippen LogP contribution in [-0.4, -0.2) is 21.4 Å². The molecule has 0 aliphatic carbocycles. The molecule has 0 aliphatic rings. The molecule has 2 heterocycles. The van der Waals surface area contributed by atoms with E-state index in [2.05, 4.69) is 10.3 Å². The Balaban J connectivity index is 1.39. The quantitative estimate of drug-likeness (QED) is 0.513. The van der Waals surface area contributed by atoms with Gasteiger partial charge in [-0.3, -0.25) is 9.59 Å². The second-order valence-electron chi connectivity index (χ2n) is 6.56. The van der Waals surface area contributed by atoms with E-state index in [1.165, 1.54) is 6.07 Å². The number of hydrogen-bond acceptors (Lipinski definition) is 6. The predicted octanol–water partition coefficient (Wildman–Crippen LogP) is 3.21. The van der Waals surface area contributed by atoms with Crippen molar-refractivity contribution in [3.8, 4) is 0 Å². The van der Waals surface area contributed by atoms with Gasteiger partial charge in [0, 0.05) is 23.4 Å². The SMILES string of the molecule is Cc1cc2nc(COC(=O)c3ccc(NC(=O)c4ccccc4)cc3)cc(=O)n2o1. The van der Waals surface area contributed by atoms with E-state index < -0.39 is 11.5 Å². The van der Waals surface area contributed by atoms with Crippen LogP contribution in [0, 0.1) is 6.92 Å². The Hall–Kier alpha value is -4.20. The third-order valence-corrected chi connectivity index (χ3v) is 4.29. The number of fused-ring (bicyclic) bond motifs is 1. The molecule has 2 aromatic heterocycles. The Labute approximate surface area is 170 Å². The molecule has 0 spiro atoms. The van der Waals surface area contributed by atoms with Gasteiger partial charge in [0.2, 0.25) is 0 Å². The van der Waals surface area contributed by atoms with E-state index in [0.717, 1.165) is 4.57 Å². The van der Waals surface area contributed by atoms with Crippen LogP contribution in [0.4, 0.5) is 5.69 Å². The molecule has 30 heavy (non-hydrogen) atoms. The highest BCUT2D eigenvalue weighted by Crippen LogP contribution is 2.13. The van der Waals surface area contributed by atoms with Crippen LogP contribution in [0.3, 0.4) is 0 Å². The molecule has 0 radical (unpaired) electrons. The van der Waals surface area contributed by atoms with Gasteiger partial charge in [-0.05, 0) is 43.3 Å². The molecule has 0 unspecified atom stereocenters. The van der Waals surface area contributed by atoms with Crippen LogP contribution in [0.15, 0.2) is 76.0 Å². The molecule has 0 saturated heterocycles. The summed E-state index contributed by atoms with van der Waals surface area (Å²) in [5.41, 5.74) is 1.68. The Morgan fingerprint density at radius 3 is 2.50 bits per heavy atom. The standard InChI is InChI=1S/C22H17N3O5/c1-14-11-19-23-18(12-20(26)25(19)30-14)13-29-22(28)16-7-9-17(10-8-16)24-21(27)15-5-3-2-4-6-15/h2-12H,13H2,1H3,(H,24,27). The minimum atomic E-state index is -0.568.